The summed E-state index contributed by atoms with van der Waals surface area (Å²) in [6.45, 7) is 12.9. The number of allylic oxidation sites excluding steroid dienone is 6. The van der Waals surface area contributed by atoms with E-state index in [-0.39, 0.29) is 42.8 Å². The Hall–Kier alpha value is -4.84. The van der Waals surface area contributed by atoms with Crippen molar-refractivity contribution in [3.63, 3.8) is 0 Å². The molecule has 15 atom stereocenters. The van der Waals surface area contributed by atoms with Gasteiger partial charge in [-0.1, -0.05) is 101 Å². The van der Waals surface area contributed by atoms with Gasteiger partial charge in [-0.2, -0.15) is 0 Å². The fourth-order valence-corrected chi connectivity index (χ4v) is 11.1. The number of methoxy groups -OCH3 is 2. The Kier molecular flexibility index (Phi) is 23.6. The highest BCUT2D eigenvalue weighted by Gasteiger charge is 2.53. The number of carbonyl (C=O) groups excluding carboxylic acids is 6. The second-order valence-electron chi connectivity index (χ2n) is 21.9. The van der Waals surface area contributed by atoms with Crippen molar-refractivity contribution < 1.29 is 67.8 Å². The average Bonchev–Trinajstić information content (AvgIpc) is 3.38. The van der Waals surface area contributed by atoms with Crippen LogP contribution in [0.15, 0.2) is 77.9 Å². The van der Waals surface area contributed by atoms with Crippen LogP contribution in [0.25, 0.3) is 0 Å². The zero-order chi connectivity index (χ0) is 55.0. The number of carbonyl (C=O) groups is 6. The van der Waals surface area contributed by atoms with Gasteiger partial charge in [0, 0.05) is 57.9 Å². The van der Waals surface area contributed by atoms with E-state index in [1.54, 1.807) is 40.9 Å². The Morgan fingerprint density at radius 1 is 0.880 bits per heavy atom. The molecule has 5 rings (SSSR count). The largest absolute Gasteiger partial charge is 0.460 e. The third-order valence-electron chi connectivity index (χ3n) is 16.0. The number of alkyl carbamates (subject to hydrolysis) is 1. The van der Waals surface area contributed by atoms with Crippen molar-refractivity contribution in [2.24, 2.45) is 35.5 Å². The number of fused-ring (bicyclic) bond motifs is 3. The van der Waals surface area contributed by atoms with Crippen molar-refractivity contribution in [3.05, 3.63) is 83.5 Å². The maximum absolute atomic E-state index is 14.5. The van der Waals surface area contributed by atoms with Crippen LogP contribution < -0.4 is 5.32 Å². The minimum atomic E-state index is -2.46. The lowest BCUT2D eigenvalue weighted by molar-refractivity contribution is -0.265. The Bertz CT molecular complexity index is 2210. The van der Waals surface area contributed by atoms with Gasteiger partial charge in [0.15, 0.2) is 5.78 Å². The van der Waals surface area contributed by atoms with E-state index >= 15 is 0 Å². The summed E-state index contributed by atoms with van der Waals surface area (Å²) in [4.78, 5) is 85.1. The van der Waals surface area contributed by atoms with E-state index in [2.05, 4.69) is 5.32 Å². The number of nitrogens with zero attached hydrogens (tertiary/aromatic N) is 1. The lowest BCUT2D eigenvalue weighted by atomic mass is 9.78. The summed E-state index contributed by atoms with van der Waals surface area (Å²) in [5.41, 5.74) is 2.29. The summed E-state index contributed by atoms with van der Waals surface area (Å²) in [7, 11) is 2.93. The summed E-state index contributed by atoms with van der Waals surface area (Å²) < 4.78 is 29.5. The molecule has 2 amide bonds. The van der Waals surface area contributed by atoms with E-state index in [0.29, 0.717) is 82.7 Å². The molecule has 0 spiro atoms. The number of piperidine rings is 1. The first-order valence-electron chi connectivity index (χ1n) is 27.3. The summed E-state index contributed by atoms with van der Waals surface area (Å²) in [5, 5.41) is 37.5. The third-order valence-corrected chi connectivity index (χ3v) is 16.0. The lowest BCUT2D eigenvalue weighted by Crippen LogP contribution is -2.61. The number of aliphatic hydroxyl groups excluding tert-OH is 2. The average molecular weight is 1050 g/mol. The Morgan fingerprint density at radius 3 is 2.31 bits per heavy atom. The van der Waals surface area contributed by atoms with Crippen LogP contribution >= 0.6 is 0 Å². The smallest absolute Gasteiger partial charge is 0.407 e. The monoisotopic (exact) mass is 1050 g/mol. The summed E-state index contributed by atoms with van der Waals surface area (Å²) in [6, 6.07) is 8.53. The van der Waals surface area contributed by atoms with E-state index < -0.39 is 102 Å². The van der Waals surface area contributed by atoms with Crippen molar-refractivity contribution >= 4 is 35.3 Å². The van der Waals surface area contributed by atoms with Gasteiger partial charge >= 0.3 is 12.1 Å². The van der Waals surface area contributed by atoms with Crippen molar-refractivity contribution in [2.45, 2.75) is 186 Å². The predicted molar refractivity (Wildman–Crippen MR) is 283 cm³/mol. The molecule has 416 valence electrons. The molecule has 4 N–H and O–H groups in total. The topological polar surface area (TPSA) is 225 Å². The predicted octanol–water partition coefficient (Wildman–Crippen LogP) is 7.50. The molecule has 0 aromatic heterocycles. The lowest BCUT2D eigenvalue weighted by Gasteiger charge is -2.42. The number of cyclic esters (lactones) is 1. The number of Topliss-reactive ketones (excluding diaryl/α,β-unsaturated/α-hetero) is 3. The van der Waals surface area contributed by atoms with E-state index in [1.807, 2.05) is 81.5 Å². The summed E-state index contributed by atoms with van der Waals surface area (Å²) in [6.07, 6.45) is 9.17. The van der Waals surface area contributed by atoms with Crippen LogP contribution in [-0.4, -0.2) is 137 Å². The molecule has 1 aromatic carbocycles. The first kappa shape index (κ1) is 61.0. The van der Waals surface area contributed by atoms with Crippen molar-refractivity contribution in [3.8, 4) is 0 Å². The molecular weight excluding hydrogens is 961 g/mol. The second kappa shape index (κ2) is 29.1. The number of nitrogens with one attached hydrogen (secondary N) is 1. The Labute approximate surface area is 444 Å². The van der Waals surface area contributed by atoms with Gasteiger partial charge in [0.25, 0.3) is 11.7 Å². The van der Waals surface area contributed by atoms with Gasteiger partial charge in [0.05, 0.1) is 18.3 Å². The van der Waals surface area contributed by atoms with Gasteiger partial charge in [-0.25, -0.2) is 9.59 Å². The van der Waals surface area contributed by atoms with Gasteiger partial charge in [-0.15, -0.1) is 0 Å². The minimum Gasteiger partial charge on any atom is -0.460 e. The highest BCUT2D eigenvalue weighted by molar-refractivity contribution is 6.39. The number of ketones is 3. The van der Waals surface area contributed by atoms with E-state index in [1.165, 1.54) is 12.0 Å². The Balaban J connectivity index is 1.39. The molecule has 3 heterocycles. The molecule has 1 saturated carbocycles. The highest BCUT2D eigenvalue weighted by Crippen LogP contribution is 2.38. The normalized spacial score (nSPS) is 36.4. The molecule has 1 aliphatic carbocycles. The zero-order valence-electron chi connectivity index (χ0n) is 45.8. The third kappa shape index (κ3) is 17.1. The second-order valence-corrected chi connectivity index (χ2v) is 21.9. The van der Waals surface area contributed by atoms with Crippen LogP contribution in [0.3, 0.4) is 0 Å². The van der Waals surface area contributed by atoms with Gasteiger partial charge in [0.2, 0.25) is 5.79 Å². The SMILES string of the molecule is CO[C@H]1C[C@@H]2CC[C@@H](C)[C@@](O)(O2)C(=O)C(=O)N2CCCC[C@H]2C(=O)O[C@H]([C@H](C)C[C@@H]2CC[C@@H](OC(=O)NCCc3ccccc3)[C@H](O)C2)CC(=O)[C@H](C)/C=C(\C)[C@@H](O)[C@@H](OC)C(=O)[C@H](C)C[C@H](C)/C=C/C=C/C=C/1C. The molecule has 3 fully saturated rings. The van der Waals surface area contributed by atoms with Gasteiger partial charge < -0.3 is 49.2 Å². The number of ether oxygens (including phenoxy) is 5. The molecule has 75 heavy (non-hydrogen) atoms. The number of rotatable bonds is 9. The van der Waals surface area contributed by atoms with E-state index in [9.17, 15) is 44.1 Å². The number of hydrogen-bond acceptors (Lipinski definition) is 14. The quantitative estimate of drug-likeness (QED) is 0.107. The van der Waals surface area contributed by atoms with Crippen molar-refractivity contribution in [2.75, 3.05) is 27.3 Å². The first-order valence-corrected chi connectivity index (χ1v) is 27.3. The molecule has 0 radical (unpaired) electrons. The first-order chi connectivity index (χ1) is 35.7. The molecule has 3 aliphatic heterocycles. The maximum atomic E-state index is 14.5. The molecule has 16 nitrogen and oxygen atoms in total. The van der Waals surface area contributed by atoms with Crippen LogP contribution in [-0.2, 0) is 54.1 Å². The van der Waals surface area contributed by atoms with Crippen LogP contribution in [0.2, 0.25) is 0 Å². The summed E-state index contributed by atoms with van der Waals surface area (Å²) >= 11 is 0. The van der Waals surface area contributed by atoms with Gasteiger partial charge in [-0.05, 0) is 119 Å². The minimum absolute atomic E-state index is 0.00222. The van der Waals surface area contributed by atoms with Crippen LogP contribution in [0.4, 0.5) is 4.79 Å². The van der Waals surface area contributed by atoms with Crippen LogP contribution in [0, 0.1) is 35.5 Å². The van der Waals surface area contributed by atoms with Crippen molar-refractivity contribution in [1.82, 2.24) is 10.2 Å². The number of esters is 1. The standard InChI is InChI=1S/C59H86N2O14/c1-36-18-12-10-13-19-37(2)50(71-8)34-45-25-23-42(7)59(70,75-45)55(66)56(67)61-29-17-16-22-46(61)57(68)73-51(35-47(62)38(3)31-41(6)53(65)54(72-9)52(64)40(5)30-36)39(4)32-44-24-26-49(48(63)33-44)74-58(69)60-28-27-43-20-14-11-15-21-43/h10-15,18-21,31,36,38-40,42,44-46,48-51,53-54,63,65,70H,16-17,22-30,32-35H2,1-9H3,(H,60,69)/b13-10+,18-12+,37-19+,41-31+/t36-,38-,39-,40-,42-,44+,45+,46+,48-,49-,50+,51+,53-,54+,59-/m1/s1. The fourth-order valence-electron chi connectivity index (χ4n) is 11.1. The molecular formula is C59H86N2O14. The van der Waals surface area contributed by atoms with E-state index in [4.69, 9.17) is 23.7 Å². The zero-order valence-corrected chi connectivity index (χ0v) is 45.8. The van der Waals surface area contributed by atoms with Gasteiger partial charge in [0.1, 0.15) is 36.2 Å². The molecule has 16 heteroatoms. The fraction of sp³-hybridized carbons (Fsp3) is 0.661. The van der Waals surface area contributed by atoms with Crippen molar-refractivity contribution in [1.29, 1.82) is 0 Å². The molecule has 2 saturated heterocycles. The Morgan fingerprint density at radius 2 is 1.61 bits per heavy atom. The number of amides is 2. The maximum Gasteiger partial charge on any atom is 0.407 e. The van der Waals surface area contributed by atoms with Crippen LogP contribution in [0.5, 0.6) is 0 Å². The molecule has 0 unspecified atom stereocenters. The molecule has 4 aliphatic rings. The van der Waals surface area contributed by atoms with E-state index in [0.717, 1.165) is 11.1 Å². The summed E-state index contributed by atoms with van der Waals surface area (Å²) in [5.74, 6) is -8.63. The number of hydrogen-bond donors (Lipinski definition) is 4. The molecule has 1 aromatic rings. The number of benzene rings is 1. The number of aliphatic hydroxyl groups is 3. The van der Waals surface area contributed by atoms with Crippen LogP contribution in [0.1, 0.15) is 131 Å². The molecule has 2 bridgehead atoms. The highest BCUT2D eigenvalue weighted by atomic mass is 16.6. The van der Waals surface area contributed by atoms with Gasteiger partial charge in [-0.3, -0.25) is 19.2 Å².